The highest BCUT2D eigenvalue weighted by Crippen LogP contribution is 2.10. The molecule has 0 fully saturated rings. The van der Waals surface area contributed by atoms with Gasteiger partial charge in [-0.1, -0.05) is 18.2 Å². The summed E-state index contributed by atoms with van der Waals surface area (Å²) in [5.74, 6) is -1.08. The first kappa shape index (κ1) is 12.2. The molecule has 86 valence electrons. The van der Waals surface area contributed by atoms with Gasteiger partial charge in [0.05, 0.1) is 12.1 Å². The van der Waals surface area contributed by atoms with E-state index in [0.717, 1.165) is 0 Å². The molecule has 0 aliphatic carbocycles. The Balaban J connectivity index is 2.62. The van der Waals surface area contributed by atoms with E-state index in [1.54, 1.807) is 12.1 Å². The fourth-order valence-electron chi connectivity index (χ4n) is 1.24. The number of hydrogen-bond donors (Lipinski definition) is 2. The van der Waals surface area contributed by atoms with Crippen LogP contribution in [0.2, 0.25) is 0 Å². The molecule has 5 nitrogen and oxygen atoms in total. The quantitative estimate of drug-likeness (QED) is 0.730. The molecule has 5 heteroatoms. The molecule has 0 bridgehead atoms. The summed E-state index contributed by atoms with van der Waals surface area (Å²) in [6, 6.07) is 9.01. The van der Waals surface area contributed by atoms with Crippen molar-refractivity contribution < 1.29 is 14.7 Å². The van der Waals surface area contributed by atoms with Gasteiger partial charge in [-0.3, -0.25) is 9.59 Å². The summed E-state index contributed by atoms with van der Waals surface area (Å²) in [5, 5.41) is 9.83. The minimum atomic E-state index is -0.899. The van der Waals surface area contributed by atoms with Crippen molar-refractivity contribution in [2.75, 3.05) is 11.6 Å². The predicted octanol–water partition coefficient (Wildman–Crippen LogP) is 1.02. The number of hydrogen-bond acceptors (Lipinski definition) is 3. The second-order valence-corrected chi connectivity index (χ2v) is 3.24. The van der Waals surface area contributed by atoms with Crippen LogP contribution in [0.4, 0.5) is 5.69 Å². The van der Waals surface area contributed by atoms with Gasteiger partial charge in [-0.2, -0.15) is 0 Å². The molecular formula is C11H14N2O3. The lowest BCUT2D eigenvalue weighted by Crippen LogP contribution is -2.42. The molecule has 0 unspecified atom stereocenters. The fraction of sp³-hybridized carbons (Fsp3) is 0.273. The molecule has 0 radical (unpaired) electrons. The Kier molecular flexibility index (Phi) is 4.47. The van der Waals surface area contributed by atoms with Crippen molar-refractivity contribution in [1.82, 2.24) is 5.43 Å². The third-order valence-corrected chi connectivity index (χ3v) is 1.94. The zero-order valence-corrected chi connectivity index (χ0v) is 9.01. The molecule has 1 amide bonds. The molecule has 1 aromatic rings. The largest absolute Gasteiger partial charge is 0.481 e. The third-order valence-electron chi connectivity index (χ3n) is 1.94. The topological polar surface area (TPSA) is 69.6 Å². The Labute approximate surface area is 93.7 Å². The van der Waals surface area contributed by atoms with Gasteiger partial charge in [0.15, 0.2) is 0 Å². The average Bonchev–Trinajstić information content (AvgIpc) is 2.25. The Hall–Kier alpha value is -1.88. The maximum atomic E-state index is 11.3. The second kappa shape index (κ2) is 5.87. The van der Waals surface area contributed by atoms with Crippen molar-refractivity contribution in [2.45, 2.75) is 13.3 Å². The van der Waals surface area contributed by atoms with Gasteiger partial charge in [0, 0.05) is 13.5 Å². The monoisotopic (exact) mass is 222 g/mol. The van der Waals surface area contributed by atoms with Crippen LogP contribution in [0.15, 0.2) is 30.3 Å². The molecule has 16 heavy (non-hydrogen) atoms. The zero-order chi connectivity index (χ0) is 12.0. The number of aliphatic carboxylic acids is 1. The van der Waals surface area contributed by atoms with Crippen LogP contribution in [0.3, 0.4) is 0 Å². The lowest BCUT2D eigenvalue weighted by atomic mass is 10.3. The summed E-state index contributed by atoms with van der Waals surface area (Å²) in [6.45, 7) is 1.63. The van der Waals surface area contributed by atoms with Crippen molar-refractivity contribution in [1.29, 1.82) is 0 Å². The minimum absolute atomic E-state index is 0.0311. The van der Waals surface area contributed by atoms with Crippen LogP contribution in [-0.4, -0.2) is 23.5 Å². The molecule has 0 heterocycles. The molecule has 0 aliphatic heterocycles. The summed E-state index contributed by atoms with van der Waals surface area (Å²) in [7, 11) is 0. The number of para-hydroxylation sites is 1. The van der Waals surface area contributed by atoms with Gasteiger partial charge in [0.1, 0.15) is 0 Å². The highest BCUT2D eigenvalue weighted by molar-refractivity contribution is 5.90. The maximum absolute atomic E-state index is 11.3. The second-order valence-electron chi connectivity index (χ2n) is 3.24. The summed E-state index contributed by atoms with van der Waals surface area (Å²) < 4.78 is 0. The van der Waals surface area contributed by atoms with E-state index in [9.17, 15) is 9.59 Å². The number of carboxylic acid groups (broad SMARTS) is 1. The molecular weight excluding hydrogens is 208 g/mol. The lowest BCUT2D eigenvalue weighted by Gasteiger charge is -2.21. The zero-order valence-electron chi connectivity index (χ0n) is 9.01. The van der Waals surface area contributed by atoms with Crippen LogP contribution in [0.25, 0.3) is 0 Å². The number of benzene rings is 1. The average molecular weight is 222 g/mol. The first-order valence-electron chi connectivity index (χ1n) is 4.92. The first-order chi connectivity index (χ1) is 7.61. The van der Waals surface area contributed by atoms with Crippen LogP contribution in [0.5, 0.6) is 0 Å². The van der Waals surface area contributed by atoms with Crippen LogP contribution < -0.4 is 10.4 Å². The van der Waals surface area contributed by atoms with Gasteiger partial charge in [0.25, 0.3) is 0 Å². The molecule has 0 saturated heterocycles. The van der Waals surface area contributed by atoms with E-state index in [4.69, 9.17) is 5.11 Å². The Morgan fingerprint density at radius 3 is 2.44 bits per heavy atom. The van der Waals surface area contributed by atoms with E-state index in [0.29, 0.717) is 5.69 Å². The third kappa shape index (κ3) is 3.70. The number of carbonyl (C=O) groups excluding carboxylic acids is 1. The van der Waals surface area contributed by atoms with Gasteiger partial charge in [0.2, 0.25) is 5.91 Å². The molecule has 1 aromatic carbocycles. The van der Waals surface area contributed by atoms with E-state index in [1.165, 1.54) is 11.9 Å². The van der Waals surface area contributed by atoms with E-state index in [2.05, 4.69) is 5.43 Å². The van der Waals surface area contributed by atoms with E-state index >= 15 is 0 Å². The predicted molar refractivity (Wildman–Crippen MR) is 59.9 cm³/mol. The molecule has 0 aromatic heterocycles. The number of anilines is 1. The Morgan fingerprint density at radius 2 is 1.94 bits per heavy atom. The Morgan fingerprint density at radius 1 is 1.31 bits per heavy atom. The van der Waals surface area contributed by atoms with Crippen LogP contribution >= 0.6 is 0 Å². The SMILES string of the molecule is CC(=O)N(NCCC(=O)O)c1ccccc1. The van der Waals surface area contributed by atoms with Gasteiger partial charge in [-0.25, -0.2) is 10.4 Å². The number of rotatable bonds is 5. The molecule has 1 rings (SSSR count). The molecule has 0 saturated carbocycles. The highest BCUT2D eigenvalue weighted by Gasteiger charge is 2.10. The normalized spacial score (nSPS) is 9.81. The summed E-state index contributed by atoms with van der Waals surface area (Å²) in [5.41, 5.74) is 3.46. The summed E-state index contributed by atoms with van der Waals surface area (Å²) in [4.78, 5) is 21.7. The van der Waals surface area contributed by atoms with Gasteiger partial charge >= 0.3 is 5.97 Å². The van der Waals surface area contributed by atoms with Crippen molar-refractivity contribution in [2.24, 2.45) is 0 Å². The molecule has 0 spiro atoms. The minimum Gasteiger partial charge on any atom is -0.481 e. The number of nitrogens with zero attached hydrogens (tertiary/aromatic N) is 1. The van der Waals surface area contributed by atoms with E-state index in [-0.39, 0.29) is 18.9 Å². The van der Waals surface area contributed by atoms with Crippen molar-refractivity contribution >= 4 is 17.6 Å². The van der Waals surface area contributed by atoms with Crippen LogP contribution in [-0.2, 0) is 9.59 Å². The highest BCUT2D eigenvalue weighted by atomic mass is 16.4. The van der Waals surface area contributed by atoms with Crippen LogP contribution in [0.1, 0.15) is 13.3 Å². The van der Waals surface area contributed by atoms with Gasteiger partial charge in [-0.15, -0.1) is 0 Å². The van der Waals surface area contributed by atoms with Gasteiger partial charge < -0.3 is 5.11 Å². The first-order valence-corrected chi connectivity index (χ1v) is 4.92. The number of carboxylic acids is 1. The molecule has 2 N–H and O–H groups in total. The standard InChI is InChI=1S/C11H14N2O3/c1-9(14)13(12-8-7-11(15)16)10-5-3-2-4-6-10/h2-6,12H,7-8H2,1H3,(H,15,16). The molecule has 0 atom stereocenters. The van der Waals surface area contributed by atoms with Gasteiger partial charge in [-0.05, 0) is 12.1 Å². The van der Waals surface area contributed by atoms with Crippen LogP contribution in [0, 0.1) is 0 Å². The van der Waals surface area contributed by atoms with Crippen molar-refractivity contribution in [3.05, 3.63) is 30.3 Å². The number of carbonyl (C=O) groups is 2. The number of nitrogens with one attached hydrogen (secondary N) is 1. The van der Waals surface area contributed by atoms with Crippen molar-refractivity contribution in [3.8, 4) is 0 Å². The number of amides is 1. The Bertz CT molecular complexity index is 365. The fourth-order valence-corrected chi connectivity index (χ4v) is 1.24. The smallest absolute Gasteiger partial charge is 0.304 e. The van der Waals surface area contributed by atoms with E-state index < -0.39 is 5.97 Å². The number of hydrazine groups is 1. The van der Waals surface area contributed by atoms with Crippen molar-refractivity contribution in [3.63, 3.8) is 0 Å². The maximum Gasteiger partial charge on any atom is 0.304 e. The lowest BCUT2D eigenvalue weighted by molar-refractivity contribution is -0.137. The molecule has 0 aliphatic rings. The van der Waals surface area contributed by atoms with E-state index in [1.807, 2.05) is 18.2 Å². The summed E-state index contributed by atoms with van der Waals surface area (Å²) in [6.07, 6.45) is -0.0311. The summed E-state index contributed by atoms with van der Waals surface area (Å²) >= 11 is 0.